The van der Waals surface area contributed by atoms with Gasteiger partial charge in [0.2, 0.25) is 5.89 Å². The van der Waals surface area contributed by atoms with Gasteiger partial charge in [-0.05, 0) is 20.8 Å². The monoisotopic (exact) mass is 281 g/mol. The zero-order valence-electron chi connectivity index (χ0n) is 11.0. The molecule has 1 unspecified atom stereocenters. The van der Waals surface area contributed by atoms with Crippen molar-refractivity contribution in [2.75, 3.05) is 6.61 Å². The second-order valence-electron chi connectivity index (χ2n) is 4.08. The second kappa shape index (κ2) is 5.92. The summed E-state index contributed by atoms with van der Waals surface area (Å²) in [6, 6.07) is 0. The number of carbonyl (C=O) groups is 1. The van der Waals surface area contributed by atoms with Gasteiger partial charge < -0.3 is 9.26 Å². The molecule has 0 bridgehead atoms. The number of esters is 1. The van der Waals surface area contributed by atoms with Crippen molar-refractivity contribution in [3.05, 3.63) is 27.8 Å². The highest BCUT2D eigenvalue weighted by atomic mass is 32.1. The molecule has 0 aliphatic carbocycles. The number of nitrogens with zero attached hydrogens (tertiary/aromatic N) is 3. The van der Waals surface area contributed by atoms with Crippen molar-refractivity contribution in [3.63, 3.8) is 0 Å². The van der Waals surface area contributed by atoms with E-state index in [1.807, 2.05) is 12.3 Å². The van der Waals surface area contributed by atoms with Gasteiger partial charge in [0.25, 0.3) is 0 Å². The van der Waals surface area contributed by atoms with Crippen molar-refractivity contribution in [3.8, 4) is 0 Å². The fourth-order valence-corrected chi connectivity index (χ4v) is 2.27. The molecule has 2 rings (SSSR count). The summed E-state index contributed by atoms with van der Waals surface area (Å²) in [5.74, 6) is -0.0933. The maximum absolute atomic E-state index is 11.6. The Morgan fingerprint density at radius 1 is 1.53 bits per heavy atom. The first kappa shape index (κ1) is 13.7. The number of hydrogen-bond acceptors (Lipinski definition) is 7. The summed E-state index contributed by atoms with van der Waals surface area (Å²) >= 11 is 1.55. The minimum Gasteiger partial charge on any atom is -0.465 e. The molecule has 2 heterocycles. The number of aryl methyl sites for hydroxylation is 1. The van der Waals surface area contributed by atoms with Crippen LogP contribution in [0.2, 0.25) is 0 Å². The van der Waals surface area contributed by atoms with Gasteiger partial charge in [0, 0.05) is 11.1 Å². The van der Waals surface area contributed by atoms with E-state index in [4.69, 9.17) is 9.26 Å². The Hall–Kier alpha value is -1.76. The van der Waals surface area contributed by atoms with Crippen LogP contribution in [0.15, 0.2) is 9.90 Å². The molecule has 0 saturated heterocycles. The van der Waals surface area contributed by atoms with Gasteiger partial charge in [-0.2, -0.15) is 4.98 Å². The standard InChI is InChI=1S/C12H15N3O3S/c1-4-17-12(16)8(3)11-14-9(15-18-11)5-10-13-7(2)6-19-10/h6,8H,4-5H2,1-3H3. The molecule has 0 amide bonds. The molecular formula is C12H15N3O3S. The Morgan fingerprint density at radius 3 is 2.95 bits per heavy atom. The maximum atomic E-state index is 11.6. The normalized spacial score (nSPS) is 12.4. The summed E-state index contributed by atoms with van der Waals surface area (Å²) in [5.41, 5.74) is 0.976. The van der Waals surface area contributed by atoms with Gasteiger partial charge in [-0.15, -0.1) is 11.3 Å². The molecule has 0 aliphatic rings. The highest BCUT2D eigenvalue weighted by Gasteiger charge is 2.23. The molecule has 19 heavy (non-hydrogen) atoms. The van der Waals surface area contributed by atoms with E-state index in [9.17, 15) is 4.79 Å². The van der Waals surface area contributed by atoms with E-state index >= 15 is 0 Å². The minimum absolute atomic E-state index is 0.279. The third-order valence-corrected chi connectivity index (χ3v) is 3.44. The van der Waals surface area contributed by atoms with Gasteiger partial charge in [-0.25, -0.2) is 4.98 Å². The van der Waals surface area contributed by atoms with Gasteiger partial charge in [0.1, 0.15) is 10.9 Å². The third kappa shape index (κ3) is 3.37. The molecular weight excluding hydrogens is 266 g/mol. The molecule has 0 radical (unpaired) electrons. The average molecular weight is 281 g/mol. The first-order valence-electron chi connectivity index (χ1n) is 6.00. The second-order valence-corrected chi connectivity index (χ2v) is 5.02. The van der Waals surface area contributed by atoms with Crippen LogP contribution in [-0.2, 0) is 16.0 Å². The van der Waals surface area contributed by atoms with Crippen molar-refractivity contribution < 1.29 is 14.1 Å². The molecule has 2 aromatic heterocycles. The summed E-state index contributed by atoms with van der Waals surface area (Å²) in [6.45, 7) is 5.71. The first-order valence-corrected chi connectivity index (χ1v) is 6.88. The Kier molecular flexibility index (Phi) is 4.26. The highest BCUT2D eigenvalue weighted by Crippen LogP contribution is 2.17. The predicted octanol–water partition coefficient (Wildman–Crippen LogP) is 2.09. The number of thiazole rings is 1. The third-order valence-electron chi connectivity index (χ3n) is 2.47. The Balaban J connectivity index is 2.04. The molecule has 0 fully saturated rings. The zero-order chi connectivity index (χ0) is 13.8. The molecule has 0 aromatic carbocycles. The molecule has 2 aromatic rings. The largest absolute Gasteiger partial charge is 0.465 e. The van der Waals surface area contributed by atoms with Crippen LogP contribution in [0.1, 0.15) is 42.2 Å². The molecule has 102 valence electrons. The van der Waals surface area contributed by atoms with Crippen molar-refractivity contribution in [1.82, 2.24) is 15.1 Å². The van der Waals surface area contributed by atoms with Gasteiger partial charge in [-0.1, -0.05) is 5.16 Å². The van der Waals surface area contributed by atoms with Gasteiger partial charge in [-0.3, -0.25) is 4.79 Å². The summed E-state index contributed by atoms with van der Waals surface area (Å²) in [5, 5.41) is 6.75. The van der Waals surface area contributed by atoms with Crippen LogP contribution < -0.4 is 0 Å². The van der Waals surface area contributed by atoms with E-state index in [0.717, 1.165) is 10.7 Å². The van der Waals surface area contributed by atoms with Gasteiger partial charge in [0.05, 0.1) is 13.0 Å². The van der Waals surface area contributed by atoms with Crippen LogP contribution in [0.5, 0.6) is 0 Å². The van der Waals surface area contributed by atoms with Crippen LogP contribution in [0.25, 0.3) is 0 Å². The number of aromatic nitrogens is 3. The van der Waals surface area contributed by atoms with Gasteiger partial charge >= 0.3 is 5.97 Å². The smallest absolute Gasteiger partial charge is 0.318 e. The molecule has 0 N–H and O–H groups in total. The highest BCUT2D eigenvalue weighted by molar-refractivity contribution is 7.09. The lowest BCUT2D eigenvalue weighted by Crippen LogP contribution is -2.13. The number of rotatable bonds is 5. The topological polar surface area (TPSA) is 78.1 Å². The SMILES string of the molecule is CCOC(=O)C(C)c1nc(Cc2nc(C)cs2)no1. The van der Waals surface area contributed by atoms with Gasteiger partial charge in [0.15, 0.2) is 5.82 Å². The fraction of sp³-hybridized carbons (Fsp3) is 0.500. The van der Waals surface area contributed by atoms with E-state index in [-0.39, 0.29) is 11.9 Å². The van der Waals surface area contributed by atoms with Crippen LogP contribution in [0.4, 0.5) is 0 Å². The van der Waals surface area contributed by atoms with Crippen LogP contribution in [0.3, 0.4) is 0 Å². The lowest BCUT2D eigenvalue weighted by Gasteiger charge is -2.04. The molecule has 0 spiro atoms. The Labute approximate surface area is 114 Å². The van der Waals surface area contributed by atoms with Crippen molar-refractivity contribution in [1.29, 1.82) is 0 Å². The van der Waals surface area contributed by atoms with E-state index in [2.05, 4.69) is 15.1 Å². The minimum atomic E-state index is -0.542. The quantitative estimate of drug-likeness (QED) is 0.781. The molecule has 0 aliphatic heterocycles. The molecule has 6 nitrogen and oxygen atoms in total. The van der Waals surface area contributed by atoms with Crippen molar-refractivity contribution in [2.45, 2.75) is 33.1 Å². The summed E-state index contributed by atoms with van der Waals surface area (Å²) in [4.78, 5) is 20.1. The Bertz CT molecular complexity index is 564. The van der Waals surface area contributed by atoms with Crippen LogP contribution in [-0.4, -0.2) is 27.7 Å². The van der Waals surface area contributed by atoms with Crippen molar-refractivity contribution in [2.24, 2.45) is 0 Å². The lowest BCUT2D eigenvalue weighted by atomic mass is 10.2. The van der Waals surface area contributed by atoms with E-state index < -0.39 is 5.92 Å². The molecule has 1 atom stereocenters. The summed E-state index contributed by atoms with van der Waals surface area (Å²) < 4.78 is 10.00. The van der Waals surface area contributed by atoms with Crippen molar-refractivity contribution >= 4 is 17.3 Å². The van der Waals surface area contributed by atoms with Crippen LogP contribution >= 0.6 is 11.3 Å². The fourth-order valence-electron chi connectivity index (χ4n) is 1.50. The zero-order valence-corrected chi connectivity index (χ0v) is 11.9. The average Bonchev–Trinajstić information content (AvgIpc) is 2.99. The molecule has 7 heteroatoms. The maximum Gasteiger partial charge on any atom is 0.318 e. The molecule has 0 saturated carbocycles. The van der Waals surface area contributed by atoms with E-state index in [1.165, 1.54) is 0 Å². The summed E-state index contributed by atoms with van der Waals surface area (Å²) in [6.07, 6.45) is 0.511. The van der Waals surface area contributed by atoms with E-state index in [0.29, 0.717) is 18.9 Å². The number of ether oxygens (including phenoxy) is 1. The van der Waals surface area contributed by atoms with E-state index in [1.54, 1.807) is 25.2 Å². The first-order chi connectivity index (χ1) is 9.10. The van der Waals surface area contributed by atoms with Crippen LogP contribution in [0, 0.1) is 6.92 Å². The Morgan fingerprint density at radius 2 is 2.32 bits per heavy atom. The summed E-state index contributed by atoms with van der Waals surface area (Å²) in [7, 11) is 0. The predicted molar refractivity (Wildman–Crippen MR) is 69.0 cm³/mol. The number of hydrogen-bond donors (Lipinski definition) is 0. The number of carbonyl (C=O) groups excluding carboxylic acids is 1. The lowest BCUT2D eigenvalue weighted by molar-refractivity contribution is -0.145.